The quantitative estimate of drug-likeness (QED) is 0.872. The van der Waals surface area contributed by atoms with Gasteiger partial charge in [-0.2, -0.15) is 0 Å². The Labute approximate surface area is 146 Å². The van der Waals surface area contributed by atoms with Crippen LogP contribution in [-0.2, 0) is 11.2 Å². The Balaban J connectivity index is 1.72. The number of amides is 1. The van der Waals surface area contributed by atoms with Gasteiger partial charge in [0.2, 0.25) is 0 Å². The van der Waals surface area contributed by atoms with Gasteiger partial charge in [0.25, 0.3) is 5.91 Å². The lowest BCUT2D eigenvalue weighted by atomic mass is 10.2. The van der Waals surface area contributed by atoms with E-state index in [-0.39, 0.29) is 12.0 Å². The van der Waals surface area contributed by atoms with Crippen molar-refractivity contribution in [2.24, 2.45) is 0 Å². The second-order valence-electron chi connectivity index (χ2n) is 6.06. The maximum absolute atomic E-state index is 12.4. The van der Waals surface area contributed by atoms with Crippen LogP contribution in [0.1, 0.15) is 47.2 Å². The van der Waals surface area contributed by atoms with Crippen LogP contribution in [0.15, 0.2) is 18.3 Å². The molecule has 2 aromatic rings. The van der Waals surface area contributed by atoms with E-state index < -0.39 is 0 Å². The van der Waals surface area contributed by atoms with Gasteiger partial charge in [-0.15, -0.1) is 11.3 Å². The van der Waals surface area contributed by atoms with Crippen molar-refractivity contribution in [2.75, 3.05) is 13.2 Å². The summed E-state index contributed by atoms with van der Waals surface area (Å²) in [5.74, 6) is -0.0606. The zero-order valence-electron chi connectivity index (χ0n) is 14.2. The van der Waals surface area contributed by atoms with Crippen LogP contribution in [0.3, 0.4) is 0 Å². The van der Waals surface area contributed by atoms with Crippen LogP contribution in [0.4, 0.5) is 0 Å². The van der Waals surface area contributed by atoms with Gasteiger partial charge < -0.3 is 10.1 Å². The molecule has 0 spiro atoms. The molecule has 0 saturated carbocycles. The molecule has 0 aliphatic carbocycles. The number of pyridine rings is 1. The Bertz CT molecular complexity index is 708. The largest absolute Gasteiger partial charge is 0.376 e. The lowest BCUT2D eigenvalue weighted by Gasteiger charge is -2.09. The zero-order valence-corrected chi connectivity index (χ0v) is 15.0. The molecule has 128 valence electrons. The minimum absolute atomic E-state index is 0.0606. The molecule has 5 nitrogen and oxygen atoms in total. The first-order chi connectivity index (χ1) is 11.7. The van der Waals surface area contributed by atoms with Gasteiger partial charge in [0.15, 0.2) is 0 Å². The SMILES string of the molecule is CCCc1cc(-c2nc(C)c(C(=O)NC[C@H]3CCCO3)s2)ccn1. The number of nitrogens with zero attached hydrogens (tertiary/aromatic N) is 2. The number of hydrogen-bond donors (Lipinski definition) is 1. The molecule has 1 atom stereocenters. The van der Waals surface area contributed by atoms with Crippen molar-refractivity contribution >= 4 is 17.2 Å². The number of nitrogens with one attached hydrogen (secondary N) is 1. The number of carbonyl (C=O) groups is 1. The van der Waals surface area contributed by atoms with Gasteiger partial charge in [0.1, 0.15) is 9.88 Å². The summed E-state index contributed by atoms with van der Waals surface area (Å²) in [6.07, 6.45) is 6.07. The summed E-state index contributed by atoms with van der Waals surface area (Å²) in [4.78, 5) is 22.1. The van der Waals surface area contributed by atoms with Gasteiger partial charge >= 0.3 is 0 Å². The molecule has 1 aliphatic heterocycles. The van der Waals surface area contributed by atoms with Gasteiger partial charge in [0.05, 0.1) is 11.8 Å². The molecule has 0 aromatic carbocycles. The Hall–Kier alpha value is -1.79. The standard InChI is InChI=1S/C18H23N3O2S/c1-3-5-14-10-13(7-8-19-14)18-21-12(2)16(24-18)17(22)20-11-15-6-4-9-23-15/h7-8,10,15H,3-6,9,11H2,1-2H3,(H,20,22)/t15-/m1/s1. The molecule has 3 heterocycles. The van der Waals surface area contributed by atoms with E-state index in [9.17, 15) is 4.79 Å². The van der Waals surface area contributed by atoms with Crippen LogP contribution in [0, 0.1) is 6.92 Å². The maximum Gasteiger partial charge on any atom is 0.263 e. The molecule has 1 N–H and O–H groups in total. The van der Waals surface area contributed by atoms with Crippen LogP contribution in [-0.4, -0.2) is 35.1 Å². The fourth-order valence-electron chi connectivity index (χ4n) is 2.83. The minimum Gasteiger partial charge on any atom is -0.376 e. The summed E-state index contributed by atoms with van der Waals surface area (Å²) in [6, 6.07) is 4.02. The van der Waals surface area contributed by atoms with Crippen LogP contribution < -0.4 is 5.32 Å². The van der Waals surface area contributed by atoms with E-state index in [1.54, 1.807) is 0 Å². The highest BCUT2D eigenvalue weighted by atomic mass is 32.1. The van der Waals surface area contributed by atoms with E-state index in [4.69, 9.17) is 4.74 Å². The lowest BCUT2D eigenvalue weighted by molar-refractivity contribution is 0.0860. The molecule has 1 fully saturated rings. The van der Waals surface area contributed by atoms with Crippen molar-refractivity contribution in [3.8, 4) is 10.6 Å². The van der Waals surface area contributed by atoms with E-state index in [0.717, 1.165) is 54.2 Å². The molecule has 1 saturated heterocycles. The molecular weight excluding hydrogens is 322 g/mol. The molecule has 0 bridgehead atoms. The van der Waals surface area contributed by atoms with E-state index >= 15 is 0 Å². The Morgan fingerprint density at radius 3 is 3.12 bits per heavy atom. The summed E-state index contributed by atoms with van der Waals surface area (Å²) in [6.45, 7) is 5.39. The fourth-order valence-corrected chi connectivity index (χ4v) is 3.81. The van der Waals surface area contributed by atoms with Crippen molar-refractivity contribution in [1.29, 1.82) is 0 Å². The summed E-state index contributed by atoms with van der Waals surface area (Å²) < 4.78 is 5.55. The third-order valence-corrected chi connectivity index (χ3v) is 5.29. The van der Waals surface area contributed by atoms with Crippen LogP contribution in [0.2, 0.25) is 0 Å². The zero-order chi connectivity index (χ0) is 16.9. The molecule has 3 rings (SSSR count). The number of carbonyl (C=O) groups excluding carboxylic acids is 1. The molecule has 0 radical (unpaired) electrons. The van der Waals surface area contributed by atoms with Crippen molar-refractivity contribution in [3.05, 3.63) is 34.6 Å². The van der Waals surface area contributed by atoms with E-state index in [2.05, 4.69) is 28.3 Å². The number of hydrogen-bond acceptors (Lipinski definition) is 5. The second kappa shape index (κ2) is 7.85. The van der Waals surface area contributed by atoms with E-state index in [1.807, 2.05) is 19.2 Å². The van der Waals surface area contributed by atoms with Gasteiger partial charge in [-0.3, -0.25) is 9.78 Å². The Kier molecular flexibility index (Phi) is 5.58. The first kappa shape index (κ1) is 17.0. The number of aryl methyl sites for hydroxylation is 2. The highest BCUT2D eigenvalue weighted by Crippen LogP contribution is 2.28. The van der Waals surface area contributed by atoms with E-state index in [1.165, 1.54) is 11.3 Å². The van der Waals surface area contributed by atoms with Gasteiger partial charge in [-0.1, -0.05) is 13.3 Å². The maximum atomic E-state index is 12.4. The first-order valence-electron chi connectivity index (χ1n) is 8.50. The average molecular weight is 345 g/mol. The molecular formula is C18H23N3O2S. The number of thiazole rings is 1. The van der Waals surface area contributed by atoms with Crippen LogP contribution in [0.5, 0.6) is 0 Å². The molecule has 0 unspecified atom stereocenters. The van der Waals surface area contributed by atoms with Gasteiger partial charge in [-0.25, -0.2) is 4.98 Å². The third kappa shape index (κ3) is 3.99. The molecule has 2 aromatic heterocycles. The van der Waals surface area contributed by atoms with Crippen LogP contribution >= 0.6 is 11.3 Å². The lowest BCUT2D eigenvalue weighted by Crippen LogP contribution is -2.31. The van der Waals surface area contributed by atoms with Gasteiger partial charge in [0, 0.05) is 30.6 Å². The van der Waals surface area contributed by atoms with E-state index in [0.29, 0.717) is 11.4 Å². The predicted octanol–water partition coefficient (Wildman–Crippen LogP) is 3.37. The highest BCUT2D eigenvalue weighted by Gasteiger charge is 2.20. The van der Waals surface area contributed by atoms with Crippen molar-refractivity contribution in [3.63, 3.8) is 0 Å². The smallest absolute Gasteiger partial charge is 0.263 e. The molecule has 24 heavy (non-hydrogen) atoms. The van der Waals surface area contributed by atoms with Gasteiger partial charge in [-0.05, 0) is 38.3 Å². The number of ether oxygens (including phenoxy) is 1. The molecule has 1 amide bonds. The summed E-state index contributed by atoms with van der Waals surface area (Å²) >= 11 is 1.44. The Morgan fingerprint density at radius 1 is 1.50 bits per heavy atom. The first-order valence-corrected chi connectivity index (χ1v) is 9.31. The summed E-state index contributed by atoms with van der Waals surface area (Å²) in [5, 5.41) is 3.84. The normalized spacial score (nSPS) is 17.2. The average Bonchev–Trinajstić information content (AvgIpc) is 3.23. The Morgan fingerprint density at radius 2 is 2.38 bits per heavy atom. The molecule has 6 heteroatoms. The summed E-state index contributed by atoms with van der Waals surface area (Å²) in [5.41, 5.74) is 2.86. The van der Waals surface area contributed by atoms with Crippen molar-refractivity contribution in [1.82, 2.24) is 15.3 Å². The topological polar surface area (TPSA) is 64.1 Å². The van der Waals surface area contributed by atoms with Crippen LogP contribution in [0.25, 0.3) is 10.6 Å². The van der Waals surface area contributed by atoms with Crippen molar-refractivity contribution in [2.45, 2.75) is 45.6 Å². The fraction of sp³-hybridized carbons (Fsp3) is 0.500. The van der Waals surface area contributed by atoms with Crippen molar-refractivity contribution < 1.29 is 9.53 Å². The predicted molar refractivity (Wildman–Crippen MR) is 95.4 cm³/mol. The minimum atomic E-state index is -0.0606. The third-order valence-electron chi connectivity index (χ3n) is 4.09. The number of aromatic nitrogens is 2. The highest BCUT2D eigenvalue weighted by molar-refractivity contribution is 7.17. The summed E-state index contributed by atoms with van der Waals surface area (Å²) in [7, 11) is 0. The number of rotatable bonds is 6. The molecule has 1 aliphatic rings. The monoisotopic (exact) mass is 345 g/mol. The second-order valence-corrected chi connectivity index (χ2v) is 7.06.